The monoisotopic (exact) mass is 478 g/mol. The number of benzene rings is 2. The minimum absolute atomic E-state index is 0.00455. The average Bonchev–Trinajstić information content (AvgIpc) is 2.85. The first kappa shape index (κ1) is 24.4. The molecule has 180 valence electrons. The maximum atomic E-state index is 13.4. The summed E-state index contributed by atoms with van der Waals surface area (Å²) in [6, 6.07) is 21.8. The highest BCUT2D eigenvalue weighted by molar-refractivity contribution is 6.10. The first-order valence-corrected chi connectivity index (χ1v) is 11.5. The standard InChI is InChI=1S/C29H26N4O3/c1-19-9-5-6-10-24(19)31-26(34)20(18-30)17-23-27(32-25-11-7-8-16-33(25)28(23)35)36-22-14-12-21(13-15-22)29(2,3)4/h5-17H,1-4H3,(H,31,34)/b20-17-. The van der Waals surface area contributed by atoms with E-state index in [2.05, 4.69) is 31.1 Å². The SMILES string of the molecule is Cc1ccccc1NC(=O)/C(C#N)=C\c1c(Oc2ccc(C(C)(C)C)cc2)nc2ccccn2c1=O. The molecule has 0 bridgehead atoms. The maximum absolute atomic E-state index is 13.4. The topological polar surface area (TPSA) is 96.5 Å². The fourth-order valence-corrected chi connectivity index (χ4v) is 3.61. The molecular formula is C29H26N4O3. The molecule has 0 unspecified atom stereocenters. The van der Waals surface area contributed by atoms with Crippen LogP contribution in [-0.4, -0.2) is 15.3 Å². The summed E-state index contributed by atoms with van der Waals surface area (Å²) in [6.45, 7) is 8.19. The van der Waals surface area contributed by atoms with Crippen LogP contribution >= 0.6 is 0 Å². The number of aryl methyl sites for hydroxylation is 1. The number of pyridine rings is 1. The summed E-state index contributed by atoms with van der Waals surface area (Å²) in [4.78, 5) is 30.8. The number of hydrogen-bond donors (Lipinski definition) is 1. The van der Waals surface area contributed by atoms with Crippen LogP contribution in [0.15, 0.2) is 83.3 Å². The number of nitriles is 1. The van der Waals surface area contributed by atoms with Gasteiger partial charge in [-0.25, -0.2) is 0 Å². The van der Waals surface area contributed by atoms with Crippen LogP contribution in [0.1, 0.15) is 37.5 Å². The largest absolute Gasteiger partial charge is 0.438 e. The van der Waals surface area contributed by atoms with Gasteiger partial charge < -0.3 is 10.1 Å². The van der Waals surface area contributed by atoms with Crippen molar-refractivity contribution in [2.75, 3.05) is 5.32 Å². The summed E-state index contributed by atoms with van der Waals surface area (Å²) < 4.78 is 7.36. The van der Waals surface area contributed by atoms with Crippen molar-refractivity contribution < 1.29 is 9.53 Å². The average molecular weight is 479 g/mol. The lowest BCUT2D eigenvalue weighted by Crippen LogP contribution is -2.20. The van der Waals surface area contributed by atoms with Crippen LogP contribution in [0.2, 0.25) is 0 Å². The number of carbonyl (C=O) groups excluding carboxylic acids is 1. The van der Waals surface area contributed by atoms with Crippen LogP contribution in [0.4, 0.5) is 5.69 Å². The number of hydrogen-bond acceptors (Lipinski definition) is 5. The fraction of sp³-hybridized carbons (Fsp3) is 0.172. The summed E-state index contributed by atoms with van der Waals surface area (Å²) in [5, 5.41) is 12.5. The van der Waals surface area contributed by atoms with E-state index in [1.165, 1.54) is 10.5 Å². The normalized spacial score (nSPS) is 11.7. The van der Waals surface area contributed by atoms with Gasteiger partial charge in [0.1, 0.15) is 28.6 Å². The fourth-order valence-electron chi connectivity index (χ4n) is 3.61. The number of ether oxygens (including phenoxy) is 1. The lowest BCUT2D eigenvalue weighted by molar-refractivity contribution is -0.112. The van der Waals surface area contributed by atoms with Gasteiger partial charge in [-0.05, 0) is 59.9 Å². The molecule has 4 aromatic rings. The van der Waals surface area contributed by atoms with Crippen molar-refractivity contribution in [2.45, 2.75) is 33.1 Å². The number of carbonyl (C=O) groups is 1. The Bertz CT molecular complexity index is 1570. The lowest BCUT2D eigenvalue weighted by Gasteiger charge is -2.19. The van der Waals surface area contributed by atoms with E-state index in [1.54, 1.807) is 48.7 Å². The van der Waals surface area contributed by atoms with Gasteiger partial charge in [0.05, 0.1) is 0 Å². The van der Waals surface area contributed by atoms with Crippen LogP contribution in [0.25, 0.3) is 11.7 Å². The van der Waals surface area contributed by atoms with E-state index in [-0.39, 0.29) is 22.4 Å². The van der Waals surface area contributed by atoms with Gasteiger partial charge in [0.25, 0.3) is 11.5 Å². The molecule has 1 amide bonds. The van der Waals surface area contributed by atoms with Crippen molar-refractivity contribution in [3.63, 3.8) is 0 Å². The molecule has 2 aromatic carbocycles. The Balaban J connectivity index is 1.78. The third kappa shape index (κ3) is 5.18. The molecule has 0 aliphatic heterocycles. The number of rotatable bonds is 5. The molecule has 0 fully saturated rings. The second-order valence-electron chi connectivity index (χ2n) is 9.38. The summed E-state index contributed by atoms with van der Waals surface area (Å²) in [7, 11) is 0. The van der Waals surface area contributed by atoms with Crippen LogP contribution < -0.4 is 15.6 Å². The second-order valence-corrected chi connectivity index (χ2v) is 9.38. The first-order chi connectivity index (χ1) is 17.2. The van der Waals surface area contributed by atoms with Gasteiger partial charge in [0.2, 0.25) is 5.88 Å². The highest BCUT2D eigenvalue weighted by atomic mass is 16.5. The summed E-state index contributed by atoms with van der Waals surface area (Å²) in [5.41, 5.74) is 2.18. The molecule has 36 heavy (non-hydrogen) atoms. The minimum atomic E-state index is -0.634. The van der Waals surface area contributed by atoms with Crippen molar-refractivity contribution in [1.29, 1.82) is 5.26 Å². The number of nitrogens with one attached hydrogen (secondary N) is 1. The minimum Gasteiger partial charge on any atom is -0.438 e. The molecule has 0 saturated heterocycles. The molecule has 0 radical (unpaired) electrons. The maximum Gasteiger partial charge on any atom is 0.269 e. The quantitative estimate of drug-likeness (QED) is 0.296. The van der Waals surface area contributed by atoms with Gasteiger partial charge in [-0.2, -0.15) is 10.2 Å². The Morgan fingerprint density at radius 1 is 1.06 bits per heavy atom. The molecule has 0 atom stereocenters. The zero-order valence-electron chi connectivity index (χ0n) is 20.6. The molecule has 7 heteroatoms. The predicted molar refractivity (Wildman–Crippen MR) is 140 cm³/mol. The van der Waals surface area contributed by atoms with Gasteiger partial charge >= 0.3 is 0 Å². The third-order valence-electron chi connectivity index (χ3n) is 5.72. The first-order valence-electron chi connectivity index (χ1n) is 11.5. The lowest BCUT2D eigenvalue weighted by atomic mass is 9.87. The van der Waals surface area contributed by atoms with E-state index in [1.807, 2.05) is 37.3 Å². The van der Waals surface area contributed by atoms with Crippen molar-refractivity contribution in [2.24, 2.45) is 0 Å². The van der Waals surface area contributed by atoms with Gasteiger partial charge in [-0.1, -0.05) is 57.2 Å². The van der Waals surface area contributed by atoms with E-state index in [9.17, 15) is 14.9 Å². The molecule has 0 spiro atoms. The van der Waals surface area contributed by atoms with Gasteiger partial charge in [-0.3, -0.25) is 14.0 Å². The smallest absolute Gasteiger partial charge is 0.269 e. The summed E-state index contributed by atoms with van der Waals surface area (Å²) in [6.07, 6.45) is 2.80. The molecule has 0 aliphatic rings. The molecule has 0 saturated carbocycles. The van der Waals surface area contributed by atoms with Crippen LogP contribution in [0, 0.1) is 18.3 Å². The predicted octanol–water partition coefficient (Wildman–Crippen LogP) is 5.64. The number of aromatic nitrogens is 2. The summed E-state index contributed by atoms with van der Waals surface area (Å²) in [5.74, 6) is -0.149. The summed E-state index contributed by atoms with van der Waals surface area (Å²) >= 11 is 0. The van der Waals surface area contributed by atoms with Crippen molar-refractivity contribution in [3.05, 3.63) is 106 Å². The van der Waals surface area contributed by atoms with E-state index < -0.39 is 11.5 Å². The number of fused-ring (bicyclic) bond motifs is 1. The highest BCUT2D eigenvalue weighted by Crippen LogP contribution is 2.28. The van der Waals surface area contributed by atoms with Crippen molar-refractivity contribution >= 4 is 23.3 Å². The van der Waals surface area contributed by atoms with Crippen LogP contribution in [-0.2, 0) is 10.2 Å². The van der Waals surface area contributed by atoms with Gasteiger partial charge in [0, 0.05) is 11.9 Å². The zero-order valence-corrected chi connectivity index (χ0v) is 20.6. The molecule has 0 aliphatic carbocycles. The zero-order chi connectivity index (χ0) is 25.9. The molecule has 7 nitrogen and oxygen atoms in total. The Kier molecular flexibility index (Phi) is 6.71. The third-order valence-corrected chi connectivity index (χ3v) is 5.72. The van der Waals surface area contributed by atoms with E-state index in [0.717, 1.165) is 11.1 Å². The number of para-hydroxylation sites is 1. The van der Waals surface area contributed by atoms with Crippen LogP contribution in [0.3, 0.4) is 0 Å². The van der Waals surface area contributed by atoms with E-state index >= 15 is 0 Å². The Morgan fingerprint density at radius 3 is 2.42 bits per heavy atom. The number of amides is 1. The van der Waals surface area contributed by atoms with Crippen LogP contribution in [0.5, 0.6) is 11.6 Å². The Hall–Kier alpha value is -4.70. The highest BCUT2D eigenvalue weighted by Gasteiger charge is 2.19. The molecule has 2 heterocycles. The Morgan fingerprint density at radius 2 is 1.75 bits per heavy atom. The van der Waals surface area contributed by atoms with E-state index in [0.29, 0.717) is 17.1 Å². The van der Waals surface area contributed by atoms with Crippen molar-refractivity contribution in [3.8, 4) is 17.7 Å². The van der Waals surface area contributed by atoms with Gasteiger partial charge in [-0.15, -0.1) is 0 Å². The second kappa shape index (κ2) is 9.88. The van der Waals surface area contributed by atoms with Crippen molar-refractivity contribution in [1.82, 2.24) is 9.38 Å². The van der Waals surface area contributed by atoms with Gasteiger partial charge in [0.15, 0.2) is 0 Å². The number of anilines is 1. The molecule has 4 rings (SSSR count). The molecule has 1 N–H and O–H groups in total. The molecular weight excluding hydrogens is 452 g/mol. The molecule has 2 aromatic heterocycles. The number of nitrogens with zero attached hydrogens (tertiary/aromatic N) is 3. The Labute approximate surface area is 209 Å². The van der Waals surface area contributed by atoms with E-state index in [4.69, 9.17) is 4.74 Å².